The number of likely N-dealkylation sites (N-methyl/N-ethyl adjacent to an activating group) is 1. The minimum atomic E-state index is -0.144. The first kappa shape index (κ1) is 23.3. The number of benzene rings is 2. The van der Waals surface area contributed by atoms with Crippen molar-refractivity contribution >= 4 is 17.7 Å². The second-order valence-corrected chi connectivity index (χ2v) is 8.22. The Bertz CT molecular complexity index is 922. The van der Waals surface area contributed by atoms with Crippen LogP contribution in [0.25, 0.3) is 0 Å². The van der Waals surface area contributed by atoms with Gasteiger partial charge in [0.05, 0.1) is 0 Å². The van der Waals surface area contributed by atoms with Crippen LogP contribution in [-0.4, -0.2) is 67.4 Å². The first-order valence-electron chi connectivity index (χ1n) is 11.0. The number of nitrogens with zero attached hydrogens (tertiary/aromatic N) is 2. The third kappa shape index (κ3) is 6.83. The minimum absolute atomic E-state index is 0.0516. The van der Waals surface area contributed by atoms with Gasteiger partial charge < -0.3 is 19.9 Å². The molecule has 0 aromatic heterocycles. The van der Waals surface area contributed by atoms with Crippen molar-refractivity contribution in [1.29, 1.82) is 0 Å². The molecule has 0 unspecified atom stereocenters. The first-order valence-corrected chi connectivity index (χ1v) is 11.0. The second kappa shape index (κ2) is 11.3. The van der Waals surface area contributed by atoms with Crippen molar-refractivity contribution in [2.24, 2.45) is 0 Å². The van der Waals surface area contributed by atoms with Crippen LogP contribution in [0.2, 0.25) is 0 Å². The van der Waals surface area contributed by atoms with E-state index in [1.54, 1.807) is 43.3 Å². The zero-order chi connectivity index (χ0) is 22.9. The number of aryl methyl sites for hydroxylation is 1. The van der Waals surface area contributed by atoms with Crippen molar-refractivity contribution < 1.29 is 19.1 Å². The lowest BCUT2D eigenvalue weighted by Crippen LogP contribution is -2.46. The van der Waals surface area contributed by atoms with E-state index in [0.717, 1.165) is 24.8 Å². The van der Waals surface area contributed by atoms with Crippen molar-refractivity contribution in [2.75, 3.05) is 33.8 Å². The Balaban J connectivity index is 1.44. The predicted octanol–water partition coefficient (Wildman–Crippen LogP) is 2.51. The summed E-state index contributed by atoms with van der Waals surface area (Å²) in [6, 6.07) is 17.0. The Hall–Kier alpha value is -3.35. The lowest BCUT2D eigenvalue weighted by atomic mass is 10.0. The third-order valence-corrected chi connectivity index (χ3v) is 5.57. The van der Waals surface area contributed by atoms with E-state index in [1.807, 2.05) is 30.3 Å². The van der Waals surface area contributed by atoms with Crippen LogP contribution >= 0.6 is 0 Å². The molecule has 0 atom stereocenters. The van der Waals surface area contributed by atoms with Gasteiger partial charge in [-0.2, -0.15) is 0 Å². The number of rotatable bonds is 8. The molecule has 1 heterocycles. The molecule has 32 heavy (non-hydrogen) atoms. The second-order valence-electron chi connectivity index (χ2n) is 8.22. The van der Waals surface area contributed by atoms with Crippen LogP contribution in [0.5, 0.6) is 5.75 Å². The van der Waals surface area contributed by atoms with Crippen LogP contribution in [0.3, 0.4) is 0 Å². The van der Waals surface area contributed by atoms with Crippen molar-refractivity contribution in [2.45, 2.75) is 31.7 Å². The SMILES string of the molecule is CN(C)C(=O)COc1cccc(C(=O)N2CCC(NC(=O)CCc3ccccc3)CC2)c1. The topological polar surface area (TPSA) is 79.0 Å². The highest BCUT2D eigenvalue weighted by Gasteiger charge is 2.24. The molecule has 7 heteroatoms. The average molecular weight is 438 g/mol. The molecule has 3 rings (SSSR count). The van der Waals surface area contributed by atoms with E-state index in [2.05, 4.69) is 5.32 Å². The van der Waals surface area contributed by atoms with Gasteiger partial charge in [0.1, 0.15) is 5.75 Å². The molecule has 3 amide bonds. The highest BCUT2D eigenvalue weighted by Crippen LogP contribution is 2.18. The molecule has 170 valence electrons. The normalized spacial score (nSPS) is 14.0. The van der Waals surface area contributed by atoms with E-state index in [9.17, 15) is 14.4 Å². The third-order valence-electron chi connectivity index (χ3n) is 5.57. The van der Waals surface area contributed by atoms with Crippen LogP contribution in [0.1, 0.15) is 35.2 Å². The zero-order valence-electron chi connectivity index (χ0n) is 18.8. The molecule has 0 bridgehead atoms. The molecule has 1 saturated heterocycles. The minimum Gasteiger partial charge on any atom is -0.484 e. The number of likely N-dealkylation sites (tertiary alicyclic amines) is 1. The van der Waals surface area contributed by atoms with E-state index in [0.29, 0.717) is 30.8 Å². The van der Waals surface area contributed by atoms with Gasteiger partial charge in [0.2, 0.25) is 5.91 Å². The molecule has 1 aliphatic heterocycles. The summed E-state index contributed by atoms with van der Waals surface area (Å²) in [5.41, 5.74) is 1.69. The summed E-state index contributed by atoms with van der Waals surface area (Å²) < 4.78 is 5.51. The van der Waals surface area contributed by atoms with Gasteiger partial charge in [0, 0.05) is 45.2 Å². The molecular formula is C25H31N3O4. The monoisotopic (exact) mass is 437 g/mol. The zero-order valence-corrected chi connectivity index (χ0v) is 18.8. The average Bonchev–Trinajstić information content (AvgIpc) is 2.82. The number of ether oxygens (including phenoxy) is 1. The Morgan fingerprint density at radius 1 is 1.03 bits per heavy atom. The summed E-state index contributed by atoms with van der Waals surface area (Å²) in [5, 5.41) is 3.10. The summed E-state index contributed by atoms with van der Waals surface area (Å²) in [5.74, 6) is 0.334. The number of hydrogen-bond acceptors (Lipinski definition) is 4. The quantitative estimate of drug-likeness (QED) is 0.688. The van der Waals surface area contributed by atoms with Gasteiger partial charge in [-0.25, -0.2) is 0 Å². The maximum absolute atomic E-state index is 12.9. The highest BCUT2D eigenvalue weighted by atomic mass is 16.5. The van der Waals surface area contributed by atoms with E-state index in [4.69, 9.17) is 4.74 Å². The van der Waals surface area contributed by atoms with Gasteiger partial charge in [0.25, 0.3) is 11.8 Å². The molecule has 0 aliphatic carbocycles. The number of carbonyl (C=O) groups is 3. The fraction of sp³-hybridized carbons (Fsp3) is 0.400. The molecular weight excluding hydrogens is 406 g/mol. The van der Waals surface area contributed by atoms with Gasteiger partial charge >= 0.3 is 0 Å². The largest absolute Gasteiger partial charge is 0.484 e. The van der Waals surface area contributed by atoms with E-state index in [1.165, 1.54) is 4.90 Å². The lowest BCUT2D eigenvalue weighted by Gasteiger charge is -2.32. The lowest BCUT2D eigenvalue weighted by molar-refractivity contribution is -0.130. The van der Waals surface area contributed by atoms with Crippen LogP contribution in [0.15, 0.2) is 54.6 Å². The van der Waals surface area contributed by atoms with Crippen molar-refractivity contribution in [3.8, 4) is 5.75 Å². The summed E-state index contributed by atoms with van der Waals surface area (Å²) >= 11 is 0. The molecule has 1 fully saturated rings. The van der Waals surface area contributed by atoms with Crippen LogP contribution < -0.4 is 10.1 Å². The van der Waals surface area contributed by atoms with Gasteiger partial charge in [-0.1, -0.05) is 36.4 Å². The number of carbonyl (C=O) groups excluding carboxylic acids is 3. The summed E-state index contributed by atoms with van der Waals surface area (Å²) in [4.78, 5) is 40.1. The standard InChI is InChI=1S/C25H31N3O4/c1-27(2)24(30)18-32-22-10-6-9-20(17-22)25(31)28-15-13-21(14-16-28)26-23(29)12-11-19-7-4-3-5-8-19/h3-10,17,21H,11-16,18H2,1-2H3,(H,26,29). The maximum Gasteiger partial charge on any atom is 0.259 e. The van der Waals surface area contributed by atoms with Gasteiger partial charge in [0.15, 0.2) is 6.61 Å². The Morgan fingerprint density at radius 3 is 2.44 bits per heavy atom. The number of hydrogen-bond donors (Lipinski definition) is 1. The predicted molar refractivity (Wildman–Crippen MR) is 122 cm³/mol. The summed E-state index contributed by atoms with van der Waals surface area (Å²) in [6.45, 7) is 1.11. The first-order chi connectivity index (χ1) is 15.4. The van der Waals surface area contributed by atoms with E-state index < -0.39 is 0 Å². The fourth-order valence-corrected chi connectivity index (χ4v) is 3.60. The van der Waals surface area contributed by atoms with Crippen molar-refractivity contribution in [3.05, 3.63) is 65.7 Å². The Labute approximate surface area is 189 Å². The van der Waals surface area contributed by atoms with Crippen LogP contribution in [0, 0.1) is 0 Å². The van der Waals surface area contributed by atoms with Gasteiger partial charge in [-0.05, 0) is 43.0 Å². The van der Waals surface area contributed by atoms with Crippen LogP contribution in [-0.2, 0) is 16.0 Å². The van der Waals surface area contributed by atoms with Crippen molar-refractivity contribution in [1.82, 2.24) is 15.1 Å². The number of amides is 3. The van der Waals surface area contributed by atoms with Gasteiger partial charge in [-0.15, -0.1) is 0 Å². The smallest absolute Gasteiger partial charge is 0.259 e. The van der Waals surface area contributed by atoms with E-state index >= 15 is 0 Å². The highest BCUT2D eigenvalue weighted by molar-refractivity contribution is 5.94. The molecule has 2 aromatic rings. The number of piperidine rings is 1. The Kier molecular flexibility index (Phi) is 8.25. The molecule has 7 nitrogen and oxygen atoms in total. The van der Waals surface area contributed by atoms with Gasteiger partial charge in [-0.3, -0.25) is 14.4 Å². The maximum atomic E-state index is 12.9. The molecule has 0 spiro atoms. The molecule has 0 saturated carbocycles. The molecule has 0 radical (unpaired) electrons. The number of nitrogens with one attached hydrogen (secondary N) is 1. The molecule has 1 N–H and O–H groups in total. The molecule has 2 aromatic carbocycles. The fourth-order valence-electron chi connectivity index (χ4n) is 3.60. The molecule has 1 aliphatic rings. The summed E-state index contributed by atoms with van der Waals surface area (Å²) in [7, 11) is 3.34. The van der Waals surface area contributed by atoms with Crippen molar-refractivity contribution in [3.63, 3.8) is 0 Å². The van der Waals surface area contributed by atoms with E-state index in [-0.39, 0.29) is 30.4 Å². The Morgan fingerprint density at radius 2 is 1.75 bits per heavy atom. The summed E-state index contributed by atoms with van der Waals surface area (Å²) in [6.07, 6.45) is 2.65. The van der Waals surface area contributed by atoms with Crippen LogP contribution in [0.4, 0.5) is 0 Å².